The van der Waals surface area contributed by atoms with E-state index in [0.717, 1.165) is 0 Å². The zero-order valence-electron chi connectivity index (χ0n) is 11.3. The van der Waals surface area contributed by atoms with E-state index in [4.69, 9.17) is 11.2 Å². The maximum Gasteiger partial charge on any atom is 0.314 e. The lowest BCUT2D eigenvalue weighted by Gasteiger charge is -2.15. The van der Waals surface area contributed by atoms with Gasteiger partial charge >= 0.3 is 5.97 Å². The van der Waals surface area contributed by atoms with Crippen LogP contribution in [0.5, 0.6) is 0 Å². The van der Waals surface area contributed by atoms with Crippen LogP contribution < -0.4 is 0 Å². The molecule has 0 aromatic carbocycles. The molecule has 0 spiro atoms. The Labute approximate surface area is 110 Å². The minimum Gasteiger partial charge on any atom is -0.449 e. The predicted molar refractivity (Wildman–Crippen MR) is 76.2 cm³/mol. The van der Waals surface area contributed by atoms with Gasteiger partial charge in [0.1, 0.15) is 7.14 Å². The van der Waals surface area contributed by atoms with E-state index in [1.165, 1.54) is 0 Å². The van der Waals surface area contributed by atoms with Gasteiger partial charge in [0.15, 0.2) is 6.10 Å². The van der Waals surface area contributed by atoms with Crippen LogP contribution >= 0.6 is 7.14 Å². The van der Waals surface area contributed by atoms with Gasteiger partial charge in [-0.15, -0.1) is 6.42 Å². The maximum absolute atomic E-state index is 12.6. The van der Waals surface area contributed by atoms with Gasteiger partial charge in [0.05, 0.1) is 6.16 Å². The molecule has 0 aromatic rings. The number of carbonyl (C=O) groups is 1. The van der Waals surface area contributed by atoms with Gasteiger partial charge in [-0.1, -0.05) is 30.2 Å². The van der Waals surface area contributed by atoms with Gasteiger partial charge in [0.2, 0.25) is 0 Å². The molecule has 18 heavy (non-hydrogen) atoms. The average molecular weight is 268 g/mol. The van der Waals surface area contributed by atoms with E-state index in [1.54, 1.807) is 6.92 Å². The molecule has 0 aliphatic rings. The van der Waals surface area contributed by atoms with Gasteiger partial charge in [-0.25, -0.2) is 0 Å². The fourth-order valence-corrected chi connectivity index (χ4v) is 3.44. The van der Waals surface area contributed by atoms with Gasteiger partial charge in [0, 0.05) is 12.3 Å². The Morgan fingerprint density at radius 3 is 2.22 bits per heavy atom. The van der Waals surface area contributed by atoms with Crippen molar-refractivity contribution >= 4 is 13.1 Å². The summed E-state index contributed by atoms with van der Waals surface area (Å²) in [5.74, 6) is 1.82. The van der Waals surface area contributed by atoms with Crippen molar-refractivity contribution in [1.29, 1.82) is 0 Å². The summed E-state index contributed by atoms with van der Waals surface area (Å²) >= 11 is 0. The number of esters is 1. The van der Waals surface area contributed by atoms with Crippen molar-refractivity contribution in [3.05, 3.63) is 24.3 Å². The second kappa shape index (κ2) is 8.78. The zero-order valence-corrected chi connectivity index (χ0v) is 12.2. The normalized spacial score (nSPS) is 13.7. The number of ether oxygens (including phenoxy) is 1. The Morgan fingerprint density at radius 2 is 1.83 bits per heavy atom. The van der Waals surface area contributed by atoms with Gasteiger partial charge in [-0.3, -0.25) is 4.79 Å². The first-order valence-corrected chi connectivity index (χ1v) is 8.18. The lowest BCUT2D eigenvalue weighted by Crippen LogP contribution is -2.17. The Morgan fingerprint density at radius 1 is 1.33 bits per heavy atom. The molecule has 0 fully saturated rings. The first-order chi connectivity index (χ1) is 8.47. The number of allylic oxidation sites excluding steroid dienone is 4. The minimum absolute atomic E-state index is 0.0618. The third kappa shape index (κ3) is 7.14. The molecule has 3 nitrogen and oxygen atoms in total. The number of carbonyl (C=O) groups excluding carboxylic acids is 1. The number of rotatable bonds is 7. The van der Waals surface area contributed by atoms with Gasteiger partial charge in [-0.2, -0.15) is 0 Å². The molecular formula is C14H21O3P. The lowest BCUT2D eigenvalue weighted by molar-refractivity contribution is -0.142. The molecule has 0 radical (unpaired) electrons. The summed E-state index contributed by atoms with van der Waals surface area (Å²) in [6.45, 7) is 5.33. The molecular weight excluding hydrogens is 247 g/mol. The van der Waals surface area contributed by atoms with Crippen molar-refractivity contribution in [1.82, 2.24) is 0 Å². The summed E-state index contributed by atoms with van der Waals surface area (Å²) < 4.78 is 17.5. The number of terminal acetylenes is 1. The van der Waals surface area contributed by atoms with Crippen molar-refractivity contribution in [3.8, 4) is 12.3 Å². The second-order valence-corrected chi connectivity index (χ2v) is 7.18. The first kappa shape index (κ1) is 16.7. The molecule has 0 N–H and O–H groups in total. The number of hydrogen-bond acceptors (Lipinski definition) is 3. The van der Waals surface area contributed by atoms with Gasteiger partial charge in [-0.05, 0) is 20.8 Å². The highest BCUT2D eigenvalue weighted by Gasteiger charge is 2.24. The molecule has 0 amide bonds. The Kier molecular flexibility index (Phi) is 8.16. The van der Waals surface area contributed by atoms with E-state index in [1.807, 2.05) is 38.2 Å². The van der Waals surface area contributed by atoms with Crippen LogP contribution in [0.25, 0.3) is 0 Å². The Bertz CT molecular complexity index is 384. The van der Waals surface area contributed by atoms with Gasteiger partial charge in [0.25, 0.3) is 0 Å². The molecule has 1 unspecified atom stereocenters. The largest absolute Gasteiger partial charge is 0.449 e. The summed E-state index contributed by atoms with van der Waals surface area (Å²) in [7, 11) is -2.59. The highest BCUT2D eigenvalue weighted by Crippen LogP contribution is 2.45. The molecule has 0 aromatic heterocycles. The highest BCUT2D eigenvalue weighted by molar-refractivity contribution is 7.65. The summed E-state index contributed by atoms with van der Waals surface area (Å²) in [6, 6.07) is 0. The van der Waals surface area contributed by atoms with Crippen LogP contribution in [-0.2, 0) is 14.1 Å². The standard InChI is InChI=1S/C14H21O3P/c1-5-8-10-18(16,11-9-6-2)12-14(15)17-13(4)7-3/h3,5-6,8-9,13H,10-12H2,1-2,4H3/b8-5+,9-6+. The van der Waals surface area contributed by atoms with E-state index in [2.05, 4.69) is 5.92 Å². The fourth-order valence-electron chi connectivity index (χ4n) is 1.30. The molecule has 0 aliphatic carbocycles. The van der Waals surface area contributed by atoms with Crippen LogP contribution in [0.15, 0.2) is 24.3 Å². The highest BCUT2D eigenvalue weighted by atomic mass is 31.2. The molecule has 0 bridgehead atoms. The van der Waals surface area contributed by atoms with Crippen molar-refractivity contribution in [2.45, 2.75) is 26.9 Å². The van der Waals surface area contributed by atoms with Crippen molar-refractivity contribution in [2.24, 2.45) is 0 Å². The average Bonchev–Trinajstić information content (AvgIpc) is 2.33. The Hall–Kier alpha value is -1.26. The van der Waals surface area contributed by atoms with Crippen LogP contribution in [0.2, 0.25) is 0 Å². The smallest absolute Gasteiger partial charge is 0.314 e. The maximum atomic E-state index is 12.6. The molecule has 100 valence electrons. The molecule has 1 atom stereocenters. The molecule has 0 heterocycles. The molecule has 0 saturated heterocycles. The van der Waals surface area contributed by atoms with Crippen molar-refractivity contribution < 1.29 is 14.1 Å². The fraction of sp³-hybridized carbons (Fsp3) is 0.500. The monoisotopic (exact) mass is 268 g/mol. The minimum atomic E-state index is -2.59. The van der Waals surface area contributed by atoms with Crippen LogP contribution in [0.1, 0.15) is 20.8 Å². The van der Waals surface area contributed by atoms with Gasteiger partial charge < -0.3 is 9.30 Å². The first-order valence-electron chi connectivity index (χ1n) is 5.92. The summed E-state index contributed by atoms with van der Waals surface area (Å²) in [5, 5.41) is 0. The summed E-state index contributed by atoms with van der Waals surface area (Å²) in [5.41, 5.74) is 0. The lowest BCUT2D eigenvalue weighted by atomic mass is 10.4. The second-order valence-electron chi connectivity index (χ2n) is 4.02. The van der Waals surface area contributed by atoms with E-state index in [-0.39, 0.29) is 6.16 Å². The van der Waals surface area contributed by atoms with E-state index < -0.39 is 19.2 Å². The SMILES string of the molecule is C#CC(C)OC(=O)CP(=O)(C/C=C/C)C/C=C/C. The van der Waals surface area contributed by atoms with Crippen LogP contribution in [0.4, 0.5) is 0 Å². The summed E-state index contributed by atoms with van der Waals surface area (Å²) in [6.07, 6.45) is 12.6. The molecule has 0 rings (SSSR count). The third-order valence-electron chi connectivity index (χ3n) is 2.31. The van der Waals surface area contributed by atoms with Crippen LogP contribution in [0, 0.1) is 12.3 Å². The van der Waals surface area contributed by atoms with E-state index in [0.29, 0.717) is 12.3 Å². The quantitative estimate of drug-likeness (QED) is 0.308. The topological polar surface area (TPSA) is 43.4 Å². The van der Waals surface area contributed by atoms with Crippen molar-refractivity contribution in [3.63, 3.8) is 0 Å². The zero-order chi connectivity index (χ0) is 14.0. The molecule has 4 heteroatoms. The molecule has 0 saturated carbocycles. The van der Waals surface area contributed by atoms with Crippen LogP contribution in [-0.4, -0.2) is 30.6 Å². The summed E-state index contributed by atoms with van der Waals surface area (Å²) in [4.78, 5) is 11.6. The predicted octanol–water partition coefficient (Wildman–Crippen LogP) is 3.07. The van der Waals surface area contributed by atoms with Crippen molar-refractivity contribution in [2.75, 3.05) is 18.5 Å². The van der Waals surface area contributed by atoms with Crippen LogP contribution in [0.3, 0.4) is 0 Å². The Balaban J connectivity index is 4.63. The van der Waals surface area contributed by atoms with E-state index >= 15 is 0 Å². The molecule has 0 aliphatic heterocycles. The third-order valence-corrected chi connectivity index (χ3v) is 4.89. The number of hydrogen-bond donors (Lipinski definition) is 0. The van der Waals surface area contributed by atoms with E-state index in [9.17, 15) is 9.36 Å².